The van der Waals surface area contributed by atoms with E-state index >= 15 is 0 Å². The van der Waals surface area contributed by atoms with Gasteiger partial charge in [-0.15, -0.1) is 0 Å². The van der Waals surface area contributed by atoms with Crippen molar-refractivity contribution in [3.63, 3.8) is 0 Å². The van der Waals surface area contributed by atoms with Crippen molar-refractivity contribution < 1.29 is 0 Å². The topological polar surface area (TPSA) is 56.7 Å². The molecule has 2 aromatic heterocycles. The van der Waals surface area contributed by atoms with Crippen LogP contribution in [-0.2, 0) is 0 Å². The molecule has 96 valence electrons. The average molecular weight is 252 g/mol. The number of benzene rings is 1. The van der Waals surface area contributed by atoms with E-state index in [4.69, 9.17) is 5.73 Å². The van der Waals surface area contributed by atoms with Gasteiger partial charge in [-0.25, -0.2) is 9.97 Å². The van der Waals surface area contributed by atoms with Crippen molar-refractivity contribution in [1.29, 1.82) is 0 Å². The molecule has 19 heavy (non-hydrogen) atoms. The second-order valence-electron chi connectivity index (χ2n) is 4.81. The summed E-state index contributed by atoms with van der Waals surface area (Å²) in [5.74, 6) is 0. The highest BCUT2D eigenvalue weighted by molar-refractivity contribution is 5.73. The van der Waals surface area contributed by atoms with Crippen LogP contribution in [0.3, 0.4) is 0 Å². The van der Waals surface area contributed by atoms with E-state index in [0.29, 0.717) is 0 Å². The summed E-state index contributed by atoms with van der Waals surface area (Å²) < 4.78 is 2.03. The Bertz CT molecular complexity index is 711. The molecule has 1 unspecified atom stereocenters. The molecule has 0 spiro atoms. The van der Waals surface area contributed by atoms with E-state index in [1.165, 1.54) is 5.56 Å². The molecule has 3 aromatic rings. The Kier molecular flexibility index (Phi) is 2.80. The van der Waals surface area contributed by atoms with Crippen molar-refractivity contribution >= 4 is 11.2 Å². The highest BCUT2D eigenvalue weighted by Crippen LogP contribution is 2.19. The van der Waals surface area contributed by atoms with Crippen LogP contribution in [0.2, 0.25) is 0 Å². The number of rotatable bonds is 2. The van der Waals surface area contributed by atoms with Gasteiger partial charge in [0.05, 0.1) is 11.9 Å². The third kappa shape index (κ3) is 2.11. The number of nitrogens with zero attached hydrogens (tertiary/aromatic N) is 3. The lowest BCUT2D eigenvalue weighted by atomic mass is 10.2. The van der Waals surface area contributed by atoms with E-state index < -0.39 is 0 Å². The van der Waals surface area contributed by atoms with Crippen molar-refractivity contribution in [3.8, 4) is 5.69 Å². The molecule has 0 bridgehead atoms. The fourth-order valence-electron chi connectivity index (χ4n) is 2.06. The second-order valence-corrected chi connectivity index (χ2v) is 4.81. The van der Waals surface area contributed by atoms with E-state index in [0.717, 1.165) is 22.5 Å². The number of aromatic nitrogens is 3. The van der Waals surface area contributed by atoms with Crippen LogP contribution in [-0.4, -0.2) is 14.5 Å². The van der Waals surface area contributed by atoms with Gasteiger partial charge in [-0.1, -0.05) is 17.7 Å². The van der Waals surface area contributed by atoms with Gasteiger partial charge in [0, 0.05) is 17.9 Å². The van der Waals surface area contributed by atoms with Crippen molar-refractivity contribution in [1.82, 2.24) is 14.5 Å². The number of hydrogen-bond acceptors (Lipinski definition) is 3. The lowest BCUT2D eigenvalue weighted by Crippen LogP contribution is -2.08. The molecule has 4 heteroatoms. The van der Waals surface area contributed by atoms with E-state index in [-0.39, 0.29) is 6.04 Å². The molecule has 0 amide bonds. The average Bonchev–Trinajstić information content (AvgIpc) is 2.82. The summed E-state index contributed by atoms with van der Waals surface area (Å²) in [5, 5.41) is 0. The van der Waals surface area contributed by atoms with Crippen LogP contribution in [0.1, 0.15) is 24.2 Å². The Morgan fingerprint density at radius 1 is 1.16 bits per heavy atom. The molecule has 0 aliphatic carbocycles. The van der Waals surface area contributed by atoms with Gasteiger partial charge in [-0.05, 0) is 32.0 Å². The van der Waals surface area contributed by atoms with E-state index in [2.05, 4.69) is 41.2 Å². The standard InChI is InChI=1S/C15H16N4/c1-10-3-5-12(6-4-10)19-8-7-13-15(19)17-9-14(18-13)11(2)16/h3-9,11H,16H2,1-2H3. The van der Waals surface area contributed by atoms with Crippen molar-refractivity contribution in [2.45, 2.75) is 19.9 Å². The molecule has 2 heterocycles. The van der Waals surface area contributed by atoms with Crippen LogP contribution < -0.4 is 5.73 Å². The lowest BCUT2D eigenvalue weighted by Gasteiger charge is -2.06. The van der Waals surface area contributed by atoms with Gasteiger partial charge in [-0.2, -0.15) is 0 Å². The summed E-state index contributed by atoms with van der Waals surface area (Å²) in [5.41, 5.74) is 10.7. The Morgan fingerprint density at radius 3 is 2.58 bits per heavy atom. The molecule has 0 fully saturated rings. The molecule has 1 atom stereocenters. The Labute approximate surface area is 111 Å². The fraction of sp³-hybridized carbons (Fsp3) is 0.200. The summed E-state index contributed by atoms with van der Waals surface area (Å²) >= 11 is 0. The van der Waals surface area contributed by atoms with E-state index in [1.807, 2.05) is 23.8 Å². The van der Waals surface area contributed by atoms with E-state index in [9.17, 15) is 0 Å². The quantitative estimate of drug-likeness (QED) is 0.763. The molecule has 0 radical (unpaired) electrons. The minimum absolute atomic E-state index is 0.0976. The first-order valence-corrected chi connectivity index (χ1v) is 6.32. The molecule has 4 nitrogen and oxygen atoms in total. The van der Waals surface area contributed by atoms with Crippen LogP contribution in [0.5, 0.6) is 0 Å². The summed E-state index contributed by atoms with van der Waals surface area (Å²) in [6.07, 6.45) is 3.73. The monoisotopic (exact) mass is 252 g/mol. The van der Waals surface area contributed by atoms with Gasteiger partial charge in [0.15, 0.2) is 5.65 Å². The fourth-order valence-corrected chi connectivity index (χ4v) is 2.06. The van der Waals surface area contributed by atoms with Crippen LogP contribution >= 0.6 is 0 Å². The third-order valence-electron chi connectivity index (χ3n) is 3.19. The summed E-state index contributed by atoms with van der Waals surface area (Å²) in [6, 6.07) is 10.2. The first-order valence-electron chi connectivity index (χ1n) is 6.32. The number of nitrogens with two attached hydrogens (primary N) is 1. The molecular formula is C15H16N4. The van der Waals surface area contributed by atoms with Crippen molar-refractivity contribution in [2.24, 2.45) is 5.73 Å². The minimum atomic E-state index is -0.0976. The Balaban J connectivity index is 2.13. The van der Waals surface area contributed by atoms with Gasteiger partial charge < -0.3 is 5.73 Å². The summed E-state index contributed by atoms with van der Waals surface area (Å²) in [6.45, 7) is 3.99. The summed E-state index contributed by atoms with van der Waals surface area (Å²) in [4.78, 5) is 9.01. The number of hydrogen-bond donors (Lipinski definition) is 1. The predicted molar refractivity (Wildman–Crippen MR) is 76.2 cm³/mol. The minimum Gasteiger partial charge on any atom is -0.323 e. The number of aryl methyl sites for hydroxylation is 1. The second kappa shape index (κ2) is 4.48. The largest absolute Gasteiger partial charge is 0.323 e. The van der Waals surface area contributed by atoms with Crippen molar-refractivity contribution in [2.75, 3.05) is 0 Å². The van der Waals surface area contributed by atoms with Crippen LogP contribution in [0.4, 0.5) is 0 Å². The number of fused-ring (bicyclic) bond motifs is 1. The van der Waals surface area contributed by atoms with Gasteiger partial charge >= 0.3 is 0 Å². The van der Waals surface area contributed by atoms with Crippen LogP contribution in [0.15, 0.2) is 42.7 Å². The smallest absolute Gasteiger partial charge is 0.163 e. The molecule has 1 aromatic carbocycles. The molecular weight excluding hydrogens is 236 g/mol. The maximum Gasteiger partial charge on any atom is 0.163 e. The Hall–Kier alpha value is -2.20. The molecule has 2 N–H and O–H groups in total. The highest BCUT2D eigenvalue weighted by Gasteiger charge is 2.08. The third-order valence-corrected chi connectivity index (χ3v) is 3.19. The maximum atomic E-state index is 5.83. The van der Waals surface area contributed by atoms with Crippen LogP contribution in [0.25, 0.3) is 16.9 Å². The maximum absolute atomic E-state index is 5.83. The molecule has 0 saturated carbocycles. The molecule has 0 aliphatic rings. The van der Waals surface area contributed by atoms with Gasteiger partial charge in [0.1, 0.15) is 5.52 Å². The van der Waals surface area contributed by atoms with Gasteiger partial charge in [0.2, 0.25) is 0 Å². The Morgan fingerprint density at radius 2 is 1.89 bits per heavy atom. The summed E-state index contributed by atoms with van der Waals surface area (Å²) in [7, 11) is 0. The predicted octanol–water partition coefficient (Wildman–Crippen LogP) is 2.75. The first kappa shape index (κ1) is 11.9. The van der Waals surface area contributed by atoms with Gasteiger partial charge in [0.25, 0.3) is 0 Å². The zero-order valence-corrected chi connectivity index (χ0v) is 11.0. The SMILES string of the molecule is Cc1ccc(-n2ccc3nc(C(C)N)cnc32)cc1. The normalized spacial score (nSPS) is 12.8. The molecule has 3 rings (SSSR count). The molecule has 0 aliphatic heterocycles. The van der Waals surface area contributed by atoms with Gasteiger partial charge in [-0.3, -0.25) is 4.57 Å². The highest BCUT2D eigenvalue weighted by atomic mass is 15.1. The zero-order valence-electron chi connectivity index (χ0n) is 11.0. The van der Waals surface area contributed by atoms with Crippen LogP contribution in [0, 0.1) is 6.92 Å². The van der Waals surface area contributed by atoms with E-state index in [1.54, 1.807) is 6.20 Å². The molecule has 0 saturated heterocycles. The first-order chi connectivity index (χ1) is 9.15. The lowest BCUT2D eigenvalue weighted by molar-refractivity contribution is 0.779. The zero-order chi connectivity index (χ0) is 13.4. The van der Waals surface area contributed by atoms with Crippen molar-refractivity contribution in [3.05, 3.63) is 54.0 Å².